The van der Waals surface area contributed by atoms with Crippen molar-refractivity contribution in [1.82, 2.24) is 4.98 Å². The predicted octanol–water partition coefficient (Wildman–Crippen LogP) is 4.34. The molecule has 0 amide bonds. The molecule has 0 N–H and O–H groups in total. The van der Waals surface area contributed by atoms with Gasteiger partial charge in [-0.25, -0.2) is 4.79 Å². The fourth-order valence-corrected chi connectivity index (χ4v) is 2.31. The number of ether oxygens (including phenoxy) is 1. The van der Waals surface area contributed by atoms with Crippen molar-refractivity contribution in [1.29, 1.82) is 0 Å². The number of hydrogen-bond donors (Lipinski definition) is 0. The summed E-state index contributed by atoms with van der Waals surface area (Å²) in [7, 11) is 1.36. The van der Waals surface area contributed by atoms with Crippen LogP contribution in [0.3, 0.4) is 0 Å². The van der Waals surface area contributed by atoms with E-state index in [9.17, 15) is 4.79 Å². The molecule has 1 heterocycles. The van der Waals surface area contributed by atoms with Gasteiger partial charge in [-0.1, -0.05) is 29.8 Å². The van der Waals surface area contributed by atoms with Crippen LogP contribution in [0.5, 0.6) is 0 Å². The number of benzene rings is 2. The number of pyridine rings is 1. The SMILES string of the molecule is COC(=O)c1cnc2ccc(-c3ccc(Cl)cc3)cc2c1. The predicted molar refractivity (Wildman–Crippen MR) is 83.5 cm³/mol. The molecule has 0 bridgehead atoms. The highest BCUT2D eigenvalue weighted by molar-refractivity contribution is 6.30. The molecule has 0 radical (unpaired) electrons. The van der Waals surface area contributed by atoms with Crippen molar-refractivity contribution < 1.29 is 9.53 Å². The van der Waals surface area contributed by atoms with E-state index in [-0.39, 0.29) is 5.97 Å². The van der Waals surface area contributed by atoms with Gasteiger partial charge in [-0.2, -0.15) is 0 Å². The summed E-state index contributed by atoms with van der Waals surface area (Å²) in [6, 6.07) is 15.3. The standard InChI is InChI=1S/C17H12ClNO2/c1-21-17(20)14-9-13-8-12(4-7-16(13)19-10-14)11-2-5-15(18)6-3-11/h2-10H,1H3. The molecule has 3 aromatic rings. The molecule has 0 aliphatic heterocycles. The van der Waals surface area contributed by atoms with Crippen LogP contribution in [0.4, 0.5) is 0 Å². The maximum atomic E-state index is 11.6. The van der Waals surface area contributed by atoms with Gasteiger partial charge in [-0.15, -0.1) is 0 Å². The summed E-state index contributed by atoms with van der Waals surface area (Å²) in [4.78, 5) is 15.8. The van der Waals surface area contributed by atoms with E-state index in [0.717, 1.165) is 22.0 Å². The van der Waals surface area contributed by atoms with Gasteiger partial charge in [-0.05, 0) is 41.5 Å². The second kappa shape index (κ2) is 5.54. The van der Waals surface area contributed by atoms with Gasteiger partial charge in [-0.3, -0.25) is 4.98 Å². The Bertz CT molecular complexity index is 813. The summed E-state index contributed by atoms with van der Waals surface area (Å²) in [5.74, 6) is -0.388. The Balaban J connectivity index is 2.09. The maximum absolute atomic E-state index is 11.6. The van der Waals surface area contributed by atoms with Crippen LogP contribution >= 0.6 is 11.6 Å². The van der Waals surface area contributed by atoms with Crippen molar-refractivity contribution in [3.8, 4) is 11.1 Å². The summed E-state index contributed by atoms with van der Waals surface area (Å²) in [6.07, 6.45) is 1.52. The van der Waals surface area contributed by atoms with E-state index in [4.69, 9.17) is 16.3 Å². The molecule has 2 aromatic carbocycles. The first-order chi connectivity index (χ1) is 10.2. The molecule has 21 heavy (non-hydrogen) atoms. The quantitative estimate of drug-likeness (QED) is 0.660. The lowest BCUT2D eigenvalue weighted by Gasteiger charge is -2.05. The number of fused-ring (bicyclic) bond motifs is 1. The van der Waals surface area contributed by atoms with E-state index < -0.39 is 0 Å². The average molecular weight is 298 g/mol. The van der Waals surface area contributed by atoms with Gasteiger partial charge >= 0.3 is 5.97 Å². The second-order valence-corrected chi connectivity index (χ2v) is 5.07. The normalized spacial score (nSPS) is 10.6. The van der Waals surface area contributed by atoms with Gasteiger partial charge in [0.2, 0.25) is 0 Å². The summed E-state index contributed by atoms with van der Waals surface area (Å²) in [6.45, 7) is 0. The maximum Gasteiger partial charge on any atom is 0.339 e. The molecule has 0 saturated carbocycles. The first kappa shape index (κ1) is 13.6. The molecule has 0 atom stereocenters. The van der Waals surface area contributed by atoms with Crippen LogP contribution < -0.4 is 0 Å². The van der Waals surface area contributed by atoms with Gasteiger partial charge in [0.15, 0.2) is 0 Å². The monoisotopic (exact) mass is 297 g/mol. The number of aromatic nitrogens is 1. The van der Waals surface area contributed by atoms with Gasteiger partial charge in [0.25, 0.3) is 0 Å². The number of rotatable bonds is 2. The lowest BCUT2D eigenvalue weighted by atomic mass is 10.0. The van der Waals surface area contributed by atoms with E-state index in [1.807, 2.05) is 42.5 Å². The van der Waals surface area contributed by atoms with Crippen molar-refractivity contribution in [2.75, 3.05) is 7.11 Å². The zero-order chi connectivity index (χ0) is 14.8. The second-order valence-electron chi connectivity index (χ2n) is 4.63. The van der Waals surface area contributed by atoms with Gasteiger partial charge in [0, 0.05) is 16.6 Å². The minimum absolute atomic E-state index is 0.388. The Hall–Kier alpha value is -2.39. The van der Waals surface area contributed by atoms with Crippen molar-refractivity contribution >= 4 is 28.5 Å². The molecule has 0 unspecified atom stereocenters. The van der Waals surface area contributed by atoms with E-state index in [0.29, 0.717) is 10.6 Å². The Morgan fingerprint density at radius 2 is 1.76 bits per heavy atom. The minimum atomic E-state index is -0.388. The molecule has 1 aromatic heterocycles. The van der Waals surface area contributed by atoms with E-state index >= 15 is 0 Å². The first-order valence-electron chi connectivity index (χ1n) is 6.41. The number of hydrogen-bond acceptors (Lipinski definition) is 3. The molecule has 0 saturated heterocycles. The molecule has 3 nitrogen and oxygen atoms in total. The van der Waals surface area contributed by atoms with Crippen LogP contribution in [0.25, 0.3) is 22.0 Å². The highest BCUT2D eigenvalue weighted by Crippen LogP contribution is 2.25. The van der Waals surface area contributed by atoms with Crippen LogP contribution in [0.1, 0.15) is 10.4 Å². The number of esters is 1. The van der Waals surface area contributed by atoms with Crippen molar-refractivity contribution in [3.63, 3.8) is 0 Å². The third-order valence-corrected chi connectivity index (χ3v) is 3.53. The third-order valence-electron chi connectivity index (χ3n) is 3.28. The zero-order valence-electron chi connectivity index (χ0n) is 11.3. The highest BCUT2D eigenvalue weighted by atomic mass is 35.5. The summed E-state index contributed by atoms with van der Waals surface area (Å²) >= 11 is 5.90. The van der Waals surface area contributed by atoms with Crippen LogP contribution in [0, 0.1) is 0 Å². The number of nitrogens with zero attached hydrogens (tertiary/aromatic N) is 1. The zero-order valence-corrected chi connectivity index (χ0v) is 12.1. The van der Waals surface area contributed by atoms with Crippen molar-refractivity contribution in [3.05, 3.63) is 65.3 Å². The first-order valence-corrected chi connectivity index (χ1v) is 6.79. The Kier molecular flexibility index (Phi) is 3.59. The van der Waals surface area contributed by atoms with Crippen LogP contribution in [0.2, 0.25) is 5.02 Å². The van der Waals surface area contributed by atoms with Gasteiger partial charge < -0.3 is 4.74 Å². The number of carbonyl (C=O) groups is 1. The molecule has 0 aliphatic rings. The fourth-order valence-electron chi connectivity index (χ4n) is 2.18. The summed E-state index contributed by atoms with van der Waals surface area (Å²) in [5.41, 5.74) is 3.38. The van der Waals surface area contributed by atoms with Crippen LogP contribution in [-0.4, -0.2) is 18.1 Å². The topological polar surface area (TPSA) is 39.2 Å². The van der Waals surface area contributed by atoms with E-state index in [1.165, 1.54) is 13.3 Å². The lowest BCUT2D eigenvalue weighted by molar-refractivity contribution is 0.0600. The molecule has 3 rings (SSSR count). The smallest absolute Gasteiger partial charge is 0.339 e. The van der Waals surface area contributed by atoms with E-state index in [2.05, 4.69) is 4.98 Å². The summed E-state index contributed by atoms with van der Waals surface area (Å²) < 4.78 is 4.72. The van der Waals surface area contributed by atoms with Gasteiger partial charge in [0.1, 0.15) is 0 Å². The number of methoxy groups -OCH3 is 1. The number of halogens is 1. The van der Waals surface area contributed by atoms with Crippen LogP contribution in [-0.2, 0) is 4.74 Å². The Morgan fingerprint density at radius 3 is 2.48 bits per heavy atom. The number of carbonyl (C=O) groups excluding carboxylic acids is 1. The van der Waals surface area contributed by atoms with Crippen molar-refractivity contribution in [2.45, 2.75) is 0 Å². The molecule has 0 spiro atoms. The average Bonchev–Trinajstić information content (AvgIpc) is 2.53. The molecular formula is C17H12ClNO2. The largest absolute Gasteiger partial charge is 0.465 e. The molecule has 0 aliphatic carbocycles. The van der Waals surface area contributed by atoms with E-state index in [1.54, 1.807) is 6.07 Å². The van der Waals surface area contributed by atoms with Crippen LogP contribution in [0.15, 0.2) is 54.7 Å². The fraction of sp³-hybridized carbons (Fsp3) is 0.0588. The Morgan fingerprint density at radius 1 is 1.05 bits per heavy atom. The minimum Gasteiger partial charge on any atom is -0.465 e. The lowest BCUT2D eigenvalue weighted by Crippen LogP contribution is -2.01. The molecule has 104 valence electrons. The third kappa shape index (κ3) is 2.73. The van der Waals surface area contributed by atoms with Crippen molar-refractivity contribution in [2.24, 2.45) is 0 Å². The van der Waals surface area contributed by atoms with Gasteiger partial charge in [0.05, 0.1) is 18.2 Å². The summed E-state index contributed by atoms with van der Waals surface area (Å²) in [5, 5.41) is 1.60. The highest BCUT2D eigenvalue weighted by Gasteiger charge is 2.08. The molecule has 4 heteroatoms. The molecule has 0 fully saturated rings. The molecular weight excluding hydrogens is 286 g/mol. The Labute approximate surface area is 127 Å².